The Balaban J connectivity index is 0.000000560. The molecule has 14 nitrogen and oxygen atoms in total. The predicted octanol–water partition coefficient (Wildman–Crippen LogP) is 5.65. The quantitative estimate of drug-likeness (QED) is 0.122. The van der Waals surface area contributed by atoms with Gasteiger partial charge in [-0.1, -0.05) is 88.4 Å². The minimum atomic E-state index is -0.892. The summed E-state index contributed by atoms with van der Waals surface area (Å²) in [5.74, 6) is -1.61. The number of esters is 2. The van der Waals surface area contributed by atoms with E-state index in [4.69, 9.17) is 18.9 Å². The van der Waals surface area contributed by atoms with Crippen molar-refractivity contribution in [2.45, 2.75) is 130 Å². The van der Waals surface area contributed by atoms with E-state index in [1.807, 2.05) is 88.4 Å². The van der Waals surface area contributed by atoms with Crippen LogP contribution in [0.25, 0.3) is 0 Å². The van der Waals surface area contributed by atoms with Gasteiger partial charge in [-0.3, -0.25) is 9.59 Å². The molecular weight excluding hydrogens is 720 g/mol. The second-order valence-corrected chi connectivity index (χ2v) is 16.2. The van der Waals surface area contributed by atoms with Gasteiger partial charge >= 0.3 is 24.1 Å². The van der Waals surface area contributed by atoms with Crippen molar-refractivity contribution in [1.29, 1.82) is 0 Å². The number of hydrogen-bond donors (Lipinski definition) is 4. The maximum atomic E-state index is 12.9. The van der Waals surface area contributed by atoms with Crippen molar-refractivity contribution < 1.29 is 47.7 Å². The normalized spacial score (nSPS) is 13.4. The van der Waals surface area contributed by atoms with Crippen molar-refractivity contribution >= 4 is 35.9 Å². The van der Waals surface area contributed by atoms with Crippen molar-refractivity contribution in [3.8, 4) is 0 Å². The molecule has 0 bridgehead atoms. The summed E-state index contributed by atoms with van der Waals surface area (Å²) in [7, 11) is 2.56. The standard InChI is InChI=1S/2C21H32N2O5/c2*1-14(2)12-17(19(25)27-6)22-18(24)16(13-15-10-8-7-9-11-15)23-20(26)28-21(3,4)5/h2*7-11,14,16-17H,12-13H2,1-6H3,(H,22,24)(H,23,26)/t2*16-,17+/m11/s1. The molecule has 2 aromatic rings. The topological polar surface area (TPSA) is 187 Å². The van der Waals surface area contributed by atoms with Crippen LogP contribution in [0.1, 0.15) is 93.2 Å². The van der Waals surface area contributed by atoms with E-state index in [1.54, 1.807) is 41.5 Å². The maximum absolute atomic E-state index is 12.9. The highest BCUT2D eigenvalue weighted by molar-refractivity contribution is 5.90. The Labute approximate surface area is 332 Å². The Morgan fingerprint density at radius 3 is 1.05 bits per heavy atom. The molecule has 0 spiro atoms. The molecule has 4 amide bonds. The van der Waals surface area contributed by atoms with Crippen molar-refractivity contribution in [3.63, 3.8) is 0 Å². The summed E-state index contributed by atoms with van der Waals surface area (Å²) in [6.45, 7) is 18.3. The second kappa shape index (κ2) is 23.7. The molecule has 0 fully saturated rings. The van der Waals surface area contributed by atoms with Crippen LogP contribution < -0.4 is 21.3 Å². The van der Waals surface area contributed by atoms with E-state index < -0.39 is 71.3 Å². The van der Waals surface area contributed by atoms with E-state index in [2.05, 4.69) is 21.3 Å². The van der Waals surface area contributed by atoms with Gasteiger partial charge in [-0.25, -0.2) is 19.2 Å². The van der Waals surface area contributed by atoms with Crippen molar-refractivity contribution in [2.24, 2.45) is 11.8 Å². The van der Waals surface area contributed by atoms with Gasteiger partial charge in [0.05, 0.1) is 14.2 Å². The van der Waals surface area contributed by atoms with Gasteiger partial charge in [-0.05, 0) is 77.3 Å². The number of alkyl carbamates (subject to hydrolysis) is 2. The molecule has 2 rings (SSSR count). The van der Waals surface area contributed by atoms with Crippen LogP contribution in [0, 0.1) is 11.8 Å². The second-order valence-electron chi connectivity index (χ2n) is 16.2. The van der Waals surface area contributed by atoms with Crippen LogP contribution in [0.3, 0.4) is 0 Å². The molecule has 0 unspecified atom stereocenters. The Kier molecular flexibility index (Phi) is 20.7. The fraction of sp³-hybridized carbons (Fsp3) is 0.571. The van der Waals surface area contributed by atoms with E-state index in [0.717, 1.165) is 11.1 Å². The first kappa shape index (κ1) is 48.9. The van der Waals surface area contributed by atoms with Gasteiger partial charge in [-0.2, -0.15) is 0 Å². The maximum Gasteiger partial charge on any atom is 0.408 e. The molecule has 0 aliphatic carbocycles. The Morgan fingerprint density at radius 1 is 0.500 bits per heavy atom. The summed E-state index contributed by atoms with van der Waals surface area (Å²) < 4.78 is 20.1. The van der Waals surface area contributed by atoms with E-state index in [1.165, 1.54) is 14.2 Å². The van der Waals surface area contributed by atoms with Crippen molar-refractivity contribution in [1.82, 2.24) is 21.3 Å². The van der Waals surface area contributed by atoms with Gasteiger partial charge in [0.25, 0.3) is 0 Å². The number of benzene rings is 2. The fourth-order valence-electron chi connectivity index (χ4n) is 5.22. The Hall–Kier alpha value is -5.14. The first-order chi connectivity index (χ1) is 26.0. The number of rotatable bonds is 16. The molecule has 56 heavy (non-hydrogen) atoms. The molecule has 4 N–H and O–H groups in total. The predicted molar refractivity (Wildman–Crippen MR) is 213 cm³/mol. The monoisotopic (exact) mass is 784 g/mol. The average molecular weight is 785 g/mol. The minimum Gasteiger partial charge on any atom is -0.467 e. The number of carbonyl (C=O) groups excluding carboxylic acids is 6. The summed E-state index contributed by atoms with van der Waals surface area (Å²) >= 11 is 0. The molecule has 0 heterocycles. The number of carbonyl (C=O) groups is 6. The third-order valence-electron chi connectivity index (χ3n) is 7.60. The zero-order valence-electron chi connectivity index (χ0n) is 35.1. The lowest BCUT2D eigenvalue weighted by Crippen LogP contribution is -2.53. The zero-order valence-corrected chi connectivity index (χ0v) is 35.1. The highest BCUT2D eigenvalue weighted by Gasteiger charge is 2.31. The third kappa shape index (κ3) is 21.1. The molecule has 2 aromatic carbocycles. The van der Waals surface area contributed by atoms with Gasteiger partial charge in [-0.15, -0.1) is 0 Å². The van der Waals surface area contributed by atoms with Gasteiger partial charge in [0.2, 0.25) is 11.8 Å². The molecule has 0 aromatic heterocycles. The number of hydrogen-bond acceptors (Lipinski definition) is 10. The lowest BCUT2D eigenvalue weighted by molar-refractivity contribution is -0.146. The SMILES string of the molecule is COC(=O)[C@H](CC(C)C)NC(=O)[C@@H](Cc1ccccc1)NC(=O)OC(C)(C)C.COC(=O)[C@H](CC(C)C)NC(=O)[C@@H](Cc1ccccc1)NC(=O)OC(C)(C)C. The minimum absolute atomic E-state index is 0.177. The number of nitrogens with one attached hydrogen (secondary N) is 4. The van der Waals surface area contributed by atoms with Gasteiger partial charge in [0, 0.05) is 12.8 Å². The molecule has 0 saturated heterocycles. The number of ether oxygens (including phenoxy) is 4. The van der Waals surface area contributed by atoms with Crippen LogP contribution in [-0.2, 0) is 51.0 Å². The largest absolute Gasteiger partial charge is 0.467 e. The number of amides is 4. The first-order valence-electron chi connectivity index (χ1n) is 18.9. The smallest absolute Gasteiger partial charge is 0.408 e. The van der Waals surface area contributed by atoms with Crippen LogP contribution in [0.5, 0.6) is 0 Å². The van der Waals surface area contributed by atoms with E-state index >= 15 is 0 Å². The highest BCUT2D eigenvalue weighted by Crippen LogP contribution is 2.13. The summed E-state index contributed by atoms with van der Waals surface area (Å²) in [6.07, 6.45) is 0.0125. The Morgan fingerprint density at radius 2 is 0.804 bits per heavy atom. The molecule has 312 valence electrons. The van der Waals surface area contributed by atoms with Crippen LogP contribution in [-0.4, -0.2) is 85.5 Å². The van der Waals surface area contributed by atoms with Crippen LogP contribution >= 0.6 is 0 Å². The average Bonchev–Trinajstić information content (AvgIpc) is 3.08. The van der Waals surface area contributed by atoms with Crippen LogP contribution in [0.15, 0.2) is 60.7 Å². The van der Waals surface area contributed by atoms with Crippen molar-refractivity contribution in [2.75, 3.05) is 14.2 Å². The summed E-state index contributed by atoms with van der Waals surface area (Å²) in [5, 5.41) is 10.6. The van der Waals surface area contributed by atoms with E-state index in [0.29, 0.717) is 12.8 Å². The molecule has 4 atom stereocenters. The van der Waals surface area contributed by atoms with Gasteiger partial charge in [0.1, 0.15) is 35.4 Å². The van der Waals surface area contributed by atoms with Crippen LogP contribution in [0.4, 0.5) is 9.59 Å². The summed E-state index contributed by atoms with van der Waals surface area (Å²) in [6, 6.07) is 15.3. The van der Waals surface area contributed by atoms with E-state index in [9.17, 15) is 28.8 Å². The fourth-order valence-corrected chi connectivity index (χ4v) is 5.22. The van der Waals surface area contributed by atoms with E-state index in [-0.39, 0.29) is 24.7 Å². The summed E-state index contributed by atoms with van der Waals surface area (Å²) in [5.41, 5.74) is 0.364. The first-order valence-corrected chi connectivity index (χ1v) is 18.9. The van der Waals surface area contributed by atoms with Gasteiger partial charge in [0.15, 0.2) is 0 Å². The molecular formula is C42H64N4O10. The zero-order chi connectivity index (χ0) is 42.6. The lowest BCUT2D eigenvalue weighted by atomic mass is 10.0. The highest BCUT2D eigenvalue weighted by atomic mass is 16.6. The van der Waals surface area contributed by atoms with Crippen molar-refractivity contribution in [3.05, 3.63) is 71.8 Å². The molecule has 0 aliphatic heterocycles. The molecule has 0 aliphatic rings. The molecule has 0 saturated carbocycles. The van der Waals surface area contributed by atoms with Gasteiger partial charge < -0.3 is 40.2 Å². The molecule has 0 radical (unpaired) electrons. The Bertz CT molecular complexity index is 1420. The number of methoxy groups -OCH3 is 2. The lowest BCUT2D eigenvalue weighted by Gasteiger charge is -2.25. The summed E-state index contributed by atoms with van der Waals surface area (Å²) in [4.78, 5) is 74.2. The van der Waals surface area contributed by atoms with Crippen LogP contribution in [0.2, 0.25) is 0 Å². The third-order valence-corrected chi connectivity index (χ3v) is 7.60. The molecule has 14 heteroatoms.